The molecule has 0 radical (unpaired) electrons. The van der Waals surface area contributed by atoms with Crippen LogP contribution in [0.3, 0.4) is 0 Å². The number of ether oxygens (including phenoxy) is 1. The maximum Gasteiger partial charge on any atom is 0.133 e. The Balaban J connectivity index is 2.53. The summed E-state index contributed by atoms with van der Waals surface area (Å²) in [4.78, 5) is 12.0. The molecule has 3 heteroatoms. The summed E-state index contributed by atoms with van der Waals surface area (Å²) in [7, 11) is 1.63. The van der Waals surface area contributed by atoms with Crippen LogP contribution in [0, 0.1) is 0 Å². The molecule has 1 atom stereocenters. The van der Waals surface area contributed by atoms with E-state index in [2.05, 4.69) is 0 Å². The zero-order chi connectivity index (χ0) is 10.4. The molecule has 14 heavy (non-hydrogen) atoms. The van der Waals surface area contributed by atoms with Crippen molar-refractivity contribution in [3.05, 3.63) is 30.3 Å². The van der Waals surface area contributed by atoms with Gasteiger partial charge >= 0.3 is 0 Å². The van der Waals surface area contributed by atoms with Crippen LogP contribution in [0.5, 0.6) is 0 Å². The number of Topliss-reactive ketones (excluding diaryl/α,β-unsaturated/α-hetero) is 1. The Morgan fingerprint density at radius 2 is 2.07 bits per heavy atom. The summed E-state index contributed by atoms with van der Waals surface area (Å²) < 4.78 is 5.21. The van der Waals surface area contributed by atoms with Crippen LogP contribution >= 0.6 is 11.8 Å². The van der Waals surface area contributed by atoms with E-state index in [1.807, 2.05) is 30.3 Å². The third-order valence-corrected chi connectivity index (χ3v) is 2.89. The van der Waals surface area contributed by atoms with Gasteiger partial charge in [-0.15, -0.1) is 0 Å². The quantitative estimate of drug-likeness (QED) is 0.552. The first kappa shape index (κ1) is 11.3. The van der Waals surface area contributed by atoms with Crippen molar-refractivity contribution in [2.75, 3.05) is 7.11 Å². The Morgan fingerprint density at radius 1 is 1.43 bits per heavy atom. The molecule has 0 unspecified atom stereocenters. The van der Waals surface area contributed by atoms with Crippen molar-refractivity contribution in [3.8, 4) is 0 Å². The highest BCUT2D eigenvalue weighted by atomic mass is 32.2. The molecule has 0 heterocycles. The molecule has 0 aromatic heterocycles. The molecule has 1 aromatic carbocycles. The van der Waals surface area contributed by atoms with Crippen LogP contribution in [0.15, 0.2) is 35.2 Å². The Bertz CT molecular complexity index is 285. The minimum absolute atomic E-state index is 0.0742. The van der Waals surface area contributed by atoms with Crippen molar-refractivity contribution >= 4 is 17.5 Å². The van der Waals surface area contributed by atoms with Crippen molar-refractivity contribution in [1.82, 2.24) is 0 Å². The second kappa shape index (κ2) is 5.83. The standard InChI is InChI=1S/C11H14O2S/c1-9(12)8-11(13-2)14-10-6-4-3-5-7-10/h3-7,11H,8H2,1-2H3/t11-/m0/s1. The number of carbonyl (C=O) groups excluding carboxylic acids is 1. The van der Waals surface area contributed by atoms with Crippen molar-refractivity contribution in [2.24, 2.45) is 0 Å². The van der Waals surface area contributed by atoms with Crippen LogP contribution in [-0.4, -0.2) is 18.3 Å². The second-order valence-electron chi connectivity index (χ2n) is 3.00. The van der Waals surface area contributed by atoms with E-state index in [1.165, 1.54) is 0 Å². The highest BCUT2D eigenvalue weighted by Crippen LogP contribution is 2.25. The summed E-state index contributed by atoms with van der Waals surface area (Å²) in [5.41, 5.74) is -0.0742. The Labute approximate surface area is 88.7 Å². The number of carbonyl (C=O) groups is 1. The highest BCUT2D eigenvalue weighted by Gasteiger charge is 2.11. The van der Waals surface area contributed by atoms with Gasteiger partial charge in [-0.05, 0) is 19.1 Å². The topological polar surface area (TPSA) is 26.3 Å². The number of thioether (sulfide) groups is 1. The van der Waals surface area contributed by atoms with Gasteiger partial charge in [-0.25, -0.2) is 0 Å². The molecule has 0 amide bonds. The average molecular weight is 210 g/mol. The number of hydrogen-bond donors (Lipinski definition) is 0. The first-order chi connectivity index (χ1) is 6.72. The summed E-state index contributed by atoms with van der Waals surface area (Å²) in [6, 6.07) is 9.94. The average Bonchev–Trinajstić information content (AvgIpc) is 2.17. The summed E-state index contributed by atoms with van der Waals surface area (Å²) in [6.07, 6.45) is 0.454. The van der Waals surface area contributed by atoms with Crippen LogP contribution in [0.4, 0.5) is 0 Å². The first-order valence-electron chi connectivity index (χ1n) is 4.46. The molecule has 2 nitrogen and oxygen atoms in total. The van der Waals surface area contributed by atoms with Gasteiger partial charge < -0.3 is 4.74 Å². The maximum absolute atomic E-state index is 10.9. The molecule has 0 aliphatic carbocycles. The largest absolute Gasteiger partial charge is 0.370 e. The molecule has 0 bridgehead atoms. The van der Waals surface area contributed by atoms with E-state index in [4.69, 9.17) is 4.74 Å². The normalized spacial score (nSPS) is 12.4. The third kappa shape index (κ3) is 3.94. The van der Waals surface area contributed by atoms with E-state index in [-0.39, 0.29) is 11.2 Å². The molecule has 76 valence electrons. The maximum atomic E-state index is 10.9. The molecule has 1 aromatic rings. The lowest BCUT2D eigenvalue weighted by molar-refractivity contribution is -0.118. The lowest BCUT2D eigenvalue weighted by atomic mass is 10.3. The van der Waals surface area contributed by atoms with Gasteiger partial charge in [0, 0.05) is 18.4 Å². The van der Waals surface area contributed by atoms with Crippen molar-refractivity contribution in [2.45, 2.75) is 23.7 Å². The van der Waals surface area contributed by atoms with Crippen molar-refractivity contribution < 1.29 is 9.53 Å². The monoisotopic (exact) mass is 210 g/mol. The zero-order valence-corrected chi connectivity index (χ0v) is 9.21. The van der Waals surface area contributed by atoms with E-state index in [1.54, 1.807) is 25.8 Å². The molecule has 0 fully saturated rings. The Hall–Kier alpha value is -0.800. The molecule has 0 spiro atoms. The number of ketones is 1. The summed E-state index contributed by atoms with van der Waals surface area (Å²) >= 11 is 1.57. The van der Waals surface area contributed by atoms with Crippen LogP contribution in [0.25, 0.3) is 0 Å². The molecule has 0 aliphatic heterocycles. The van der Waals surface area contributed by atoms with E-state index in [9.17, 15) is 4.79 Å². The Morgan fingerprint density at radius 3 is 2.57 bits per heavy atom. The van der Waals surface area contributed by atoms with Crippen LogP contribution in [0.2, 0.25) is 0 Å². The smallest absolute Gasteiger partial charge is 0.133 e. The van der Waals surface area contributed by atoms with Gasteiger partial charge in [-0.3, -0.25) is 4.79 Å². The predicted molar refractivity (Wildman–Crippen MR) is 58.4 cm³/mol. The third-order valence-electron chi connectivity index (χ3n) is 1.73. The van der Waals surface area contributed by atoms with Gasteiger partial charge in [0.2, 0.25) is 0 Å². The molecule has 1 rings (SSSR count). The predicted octanol–water partition coefficient (Wildman–Crippen LogP) is 2.73. The fraction of sp³-hybridized carbons (Fsp3) is 0.364. The Kier molecular flexibility index (Phi) is 4.70. The minimum atomic E-state index is -0.0742. The number of benzene rings is 1. The number of methoxy groups -OCH3 is 1. The minimum Gasteiger partial charge on any atom is -0.370 e. The lowest BCUT2D eigenvalue weighted by Gasteiger charge is -2.12. The molecular formula is C11H14O2S. The van der Waals surface area contributed by atoms with Gasteiger partial charge in [-0.2, -0.15) is 0 Å². The first-order valence-corrected chi connectivity index (χ1v) is 5.34. The van der Waals surface area contributed by atoms with Gasteiger partial charge in [0.1, 0.15) is 11.2 Å². The highest BCUT2D eigenvalue weighted by molar-refractivity contribution is 7.99. The fourth-order valence-corrected chi connectivity index (χ4v) is 2.09. The van der Waals surface area contributed by atoms with E-state index >= 15 is 0 Å². The second-order valence-corrected chi connectivity index (χ2v) is 4.24. The van der Waals surface area contributed by atoms with Gasteiger partial charge in [-0.1, -0.05) is 30.0 Å². The fourth-order valence-electron chi connectivity index (χ4n) is 1.06. The molecule has 0 saturated heterocycles. The SMILES string of the molecule is CO[C@H](CC(C)=O)Sc1ccccc1. The molecule has 0 N–H and O–H groups in total. The van der Waals surface area contributed by atoms with Crippen molar-refractivity contribution in [3.63, 3.8) is 0 Å². The van der Waals surface area contributed by atoms with Crippen LogP contribution in [-0.2, 0) is 9.53 Å². The van der Waals surface area contributed by atoms with E-state index in [0.717, 1.165) is 4.90 Å². The number of rotatable bonds is 5. The van der Waals surface area contributed by atoms with Gasteiger partial charge in [0.15, 0.2) is 0 Å². The zero-order valence-electron chi connectivity index (χ0n) is 8.40. The molecule has 0 aliphatic rings. The lowest BCUT2D eigenvalue weighted by Crippen LogP contribution is -2.09. The summed E-state index contributed by atoms with van der Waals surface area (Å²) in [5, 5.41) is 0. The molecule has 0 saturated carbocycles. The van der Waals surface area contributed by atoms with E-state index in [0.29, 0.717) is 6.42 Å². The molecular weight excluding hydrogens is 196 g/mol. The summed E-state index contributed by atoms with van der Waals surface area (Å²) in [5.74, 6) is 0.153. The van der Waals surface area contributed by atoms with Crippen LogP contribution < -0.4 is 0 Å². The van der Waals surface area contributed by atoms with Gasteiger partial charge in [0.05, 0.1) is 0 Å². The van der Waals surface area contributed by atoms with Crippen LogP contribution in [0.1, 0.15) is 13.3 Å². The summed E-state index contributed by atoms with van der Waals surface area (Å²) in [6.45, 7) is 1.58. The van der Waals surface area contributed by atoms with E-state index < -0.39 is 0 Å². The number of hydrogen-bond acceptors (Lipinski definition) is 3. The van der Waals surface area contributed by atoms with Crippen molar-refractivity contribution in [1.29, 1.82) is 0 Å². The van der Waals surface area contributed by atoms with Gasteiger partial charge in [0.25, 0.3) is 0 Å².